The van der Waals surface area contributed by atoms with Crippen molar-refractivity contribution in [3.05, 3.63) is 83.3 Å². The number of nitrogens with two attached hydrogens (primary N) is 1. The molecule has 2 atom stereocenters. The SMILES string of the molecule is C=C1[C@H](c2ccc(C(C)(F)F)cc2)[C@@](C)(c2ccccc2F)N=C(N)N1C. The molecule has 1 aliphatic heterocycles. The normalized spacial score (nSPS) is 23.3. The second-order valence-corrected chi connectivity index (χ2v) is 7.09. The van der Waals surface area contributed by atoms with Crippen LogP contribution in [0.4, 0.5) is 13.2 Å². The van der Waals surface area contributed by atoms with Crippen molar-refractivity contribution >= 4 is 5.96 Å². The molecule has 1 heterocycles. The van der Waals surface area contributed by atoms with Crippen molar-refractivity contribution in [2.45, 2.75) is 31.2 Å². The molecular formula is C21H22F3N3. The highest BCUT2D eigenvalue weighted by molar-refractivity contribution is 5.82. The van der Waals surface area contributed by atoms with Gasteiger partial charge in [-0.3, -0.25) is 0 Å². The van der Waals surface area contributed by atoms with Gasteiger partial charge in [0, 0.05) is 30.8 Å². The number of aliphatic imine (C=N–C) groups is 1. The van der Waals surface area contributed by atoms with E-state index in [9.17, 15) is 13.2 Å². The molecule has 0 fully saturated rings. The standard InChI is InChI=1S/C21H22F3N3/c1-13-18(14-9-11-15(12-10-14)21(3,23)24)20(2,26-19(25)27(13)4)16-7-5-6-8-17(16)22/h5-12,18H,1H2,2-4H3,(H2,25,26)/t18-,20-/m1/s1. The van der Waals surface area contributed by atoms with Gasteiger partial charge >= 0.3 is 0 Å². The minimum atomic E-state index is -2.93. The molecule has 0 aliphatic carbocycles. The van der Waals surface area contributed by atoms with Crippen LogP contribution in [0.1, 0.15) is 36.5 Å². The number of hydrogen-bond donors (Lipinski definition) is 1. The molecule has 2 N–H and O–H groups in total. The third-order valence-corrected chi connectivity index (χ3v) is 5.19. The van der Waals surface area contributed by atoms with E-state index in [-0.39, 0.29) is 11.5 Å². The van der Waals surface area contributed by atoms with E-state index in [0.29, 0.717) is 16.8 Å². The van der Waals surface area contributed by atoms with Crippen LogP contribution in [-0.2, 0) is 11.5 Å². The molecule has 0 bridgehead atoms. The summed E-state index contributed by atoms with van der Waals surface area (Å²) in [5.41, 5.74) is 6.60. The Labute approximate surface area is 157 Å². The molecule has 3 rings (SSSR count). The molecule has 0 unspecified atom stereocenters. The number of alkyl halides is 2. The molecule has 2 aromatic carbocycles. The topological polar surface area (TPSA) is 41.6 Å². The molecule has 0 saturated heterocycles. The summed E-state index contributed by atoms with van der Waals surface area (Å²) in [6, 6.07) is 12.4. The van der Waals surface area contributed by atoms with Crippen molar-refractivity contribution in [3.8, 4) is 0 Å². The molecule has 3 nitrogen and oxygen atoms in total. The fourth-order valence-electron chi connectivity index (χ4n) is 3.62. The number of rotatable bonds is 3. The smallest absolute Gasteiger partial charge is 0.270 e. The summed E-state index contributed by atoms with van der Waals surface area (Å²) in [6.07, 6.45) is 0. The van der Waals surface area contributed by atoms with E-state index < -0.39 is 23.2 Å². The summed E-state index contributed by atoms with van der Waals surface area (Å²) in [6.45, 7) is 6.75. The van der Waals surface area contributed by atoms with Gasteiger partial charge in [-0.15, -0.1) is 0 Å². The van der Waals surface area contributed by atoms with Crippen LogP contribution in [0.5, 0.6) is 0 Å². The fraction of sp³-hybridized carbons (Fsp3) is 0.286. The minimum absolute atomic E-state index is 0.0864. The number of halogens is 3. The van der Waals surface area contributed by atoms with Crippen molar-refractivity contribution in [3.63, 3.8) is 0 Å². The Hall–Kier alpha value is -2.76. The zero-order valence-corrected chi connectivity index (χ0v) is 15.5. The first-order valence-corrected chi connectivity index (χ1v) is 8.57. The average molecular weight is 373 g/mol. The second-order valence-electron chi connectivity index (χ2n) is 7.09. The monoisotopic (exact) mass is 373 g/mol. The number of guanidine groups is 1. The van der Waals surface area contributed by atoms with Gasteiger partial charge in [0.15, 0.2) is 5.96 Å². The van der Waals surface area contributed by atoms with Crippen LogP contribution in [0.15, 0.2) is 65.8 Å². The molecule has 0 aromatic heterocycles. The molecule has 6 heteroatoms. The first kappa shape index (κ1) is 19.0. The van der Waals surface area contributed by atoms with Crippen molar-refractivity contribution in [1.82, 2.24) is 4.90 Å². The third-order valence-electron chi connectivity index (χ3n) is 5.19. The molecule has 2 aromatic rings. The fourth-order valence-corrected chi connectivity index (χ4v) is 3.62. The van der Waals surface area contributed by atoms with Crippen LogP contribution in [0.3, 0.4) is 0 Å². The maximum Gasteiger partial charge on any atom is 0.270 e. The predicted octanol–water partition coefficient (Wildman–Crippen LogP) is 4.71. The Bertz CT molecular complexity index is 900. The Balaban J connectivity index is 2.18. The Morgan fingerprint density at radius 1 is 1.15 bits per heavy atom. The lowest BCUT2D eigenvalue weighted by atomic mass is 9.73. The molecule has 0 radical (unpaired) electrons. The van der Waals surface area contributed by atoms with E-state index in [2.05, 4.69) is 11.6 Å². The van der Waals surface area contributed by atoms with Crippen molar-refractivity contribution < 1.29 is 13.2 Å². The van der Waals surface area contributed by atoms with Crippen molar-refractivity contribution in [2.24, 2.45) is 10.7 Å². The van der Waals surface area contributed by atoms with Gasteiger partial charge in [0.05, 0.1) is 5.92 Å². The van der Waals surface area contributed by atoms with Crippen LogP contribution in [0.25, 0.3) is 0 Å². The van der Waals surface area contributed by atoms with Crippen LogP contribution >= 0.6 is 0 Å². The van der Waals surface area contributed by atoms with Gasteiger partial charge in [0.25, 0.3) is 5.92 Å². The Morgan fingerprint density at radius 3 is 2.30 bits per heavy atom. The largest absolute Gasteiger partial charge is 0.370 e. The Morgan fingerprint density at radius 2 is 1.74 bits per heavy atom. The second kappa shape index (κ2) is 6.44. The Kier molecular flexibility index (Phi) is 4.54. The zero-order valence-electron chi connectivity index (χ0n) is 15.5. The van der Waals surface area contributed by atoms with Crippen LogP contribution < -0.4 is 5.73 Å². The molecule has 0 spiro atoms. The lowest BCUT2D eigenvalue weighted by Crippen LogP contribution is -2.47. The molecular weight excluding hydrogens is 351 g/mol. The average Bonchev–Trinajstić information content (AvgIpc) is 2.60. The summed E-state index contributed by atoms with van der Waals surface area (Å²) >= 11 is 0. The molecule has 142 valence electrons. The first-order valence-electron chi connectivity index (χ1n) is 8.57. The van der Waals surface area contributed by atoms with E-state index >= 15 is 0 Å². The minimum Gasteiger partial charge on any atom is -0.370 e. The van der Waals surface area contributed by atoms with Gasteiger partial charge < -0.3 is 10.6 Å². The first-order chi connectivity index (χ1) is 12.6. The van der Waals surface area contributed by atoms with Crippen molar-refractivity contribution in [1.29, 1.82) is 0 Å². The molecule has 27 heavy (non-hydrogen) atoms. The van der Waals surface area contributed by atoms with Gasteiger partial charge in [-0.25, -0.2) is 18.2 Å². The van der Waals surface area contributed by atoms with Crippen molar-refractivity contribution in [2.75, 3.05) is 7.05 Å². The van der Waals surface area contributed by atoms with Gasteiger partial charge in [0.2, 0.25) is 0 Å². The van der Waals surface area contributed by atoms with E-state index in [1.54, 1.807) is 49.2 Å². The maximum absolute atomic E-state index is 14.6. The summed E-state index contributed by atoms with van der Waals surface area (Å²) < 4.78 is 41.8. The van der Waals surface area contributed by atoms with Gasteiger partial charge in [0.1, 0.15) is 11.4 Å². The zero-order chi connectivity index (χ0) is 20.0. The highest BCUT2D eigenvalue weighted by Crippen LogP contribution is 2.48. The summed E-state index contributed by atoms with van der Waals surface area (Å²) in [5, 5.41) is 0. The van der Waals surface area contributed by atoms with Gasteiger partial charge in [-0.2, -0.15) is 0 Å². The van der Waals surface area contributed by atoms with Crippen LogP contribution in [0, 0.1) is 5.82 Å². The number of hydrogen-bond acceptors (Lipinski definition) is 3. The van der Waals surface area contributed by atoms with E-state index in [0.717, 1.165) is 6.92 Å². The number of likely N-dealkylation sites (N-methyl/N-ethyl adjacent to an activating group) is 1. The highest BCUT2D eigenvalue weighted by atomic mass is 19.3. The predicted molar refractivity (Wildman–Crippen MR) is 101 cm³/mol. The van der Waals surface area contributed by atoms with Crippen LogP contribution in [0.2, 0.25) is 0 Å². The summed E-state index contributed by atoms with van der Waals surface area (Å²) in [7, 11) is 1.73. The molecule has 0 saturated carbocycles. The number of benzene rings is 2. The van der Waals surface area contributed by atoms with Crippen LogP contribution in [-0.4, -0.2) is 17.9 Å². The lowest BCUT2D eigenvalue weighted by molar-refractivity contribution is 0.0174. The van der Waals surface area contributed by atoms with E-state index in [1.165, 1.54) is 18.2 Å². The quantitative estimate of drug-likeness (QED) is 0.847. The highest BCUT2D eigenvalue weighted by Gasteiger charge is 2.45. The number of nitrogens with zero attached hydrogens (tertiary/aromatic N) is 2. The molecule has 1 aliphatic rings. The summed E-state index contributed by atoms with van der Waals surface area (Å²) in [4.78, 5) is 6.21. The maximum atomic E-state index is 14.6. The van der Waals surface area contributed by atoms with Gasteiger partial charge in [-0.05, 0) is 18.6 Å². The van der Waals surface area contributed by atoms with E-state index in [1.807, 2.05) is 0 Å². The molecule has 0 amide bonds. The summed E-state index contributed by atoms with van der Waals surface area (Å²) in [5.74, 6) is -3.59. The van der Waals surface area contributed by atoms with Gasteiger partial charge in [-0.1, -0.05) is 49.0 Å². The van der Waals surface area contributed by atoms with E-state index in [4.69, 9.17) is 5.73 Å². The lowest BCUT2D eigenvalue weighted by Gasteiger charge is -2.44. The third kappa shape index (κ3) is 3.20.